The summed E-state index contributed by atoms with van der Waals surface area (Å²) in [6, 6.07) is 0. The Morgan fingerprint density at radius 1 is 1.20 bits per heavy atom. The topological polar surface area (TPSA) is 26.3 Å². The molecule has 2 nitrogen and oxygen atoms in total. The molecule has 0 N–H and O–H groups in total. The molecule has 2 heteroatoms. The van der Waals surface area contributed by atoms with E-state index in [-0.39, 0.29) is 12.1 Å². The van der Waals surface area contributed by atoms with Crippen LogP contribution in [0.4, 0.5) is 0 Å². The number of rotatable bonds is 0. The molecule has 0 bridgehead atoms. The standard InChI is InChI=1S/C13H22O2/c1-13(2,3)10-5-6-11-9(8-10)4-7-12(14)15-11/h9-11H,4-8H2,1-3H3. The van der Waals surface area contributed by atoms with Crippen molar-refractivity contribution >= 4 is 5.97 Å². The fraction of sp³-hybridized carbons (Fsp3) is 0.923. The number of carbonyl (C=O) groups excluding carboxylic acids is 1. The molecule has 2 aliphatic rings. The first kappa shape index (κ1) is 11.0. The summed E-state index contributed by atoms with van der Waals surface area (Å²) in [5.74, 6) is 1.46. The molecule has 0 radical (unpaired) electrons. The van der Waals surface area contributed by atoms with Crippen molar-refractivity contribution in [3.63, 3.8) is 0 Å². The average Bonchev–Trinajstić information content (AvgIpc) is 2.15. The third kappa shape index (κ3) is 2.35. The van der Waals surface area contributed by atoms with Gasteiger partial charge in [-0.3, -0.25) is 4.79 Å². The molecule has 0 aromatic heterocycles. The lowest BCUT2D eigenvalue weighted by atomic mass is 9.67. The van der Waals surface area contributed by atoms with E-state index in [0.29, 0.717) is 17.8 Å². The molecule has 0 amide bonds. The van der Waals surface area contributed by atoms with Crippen LogP contribution in [0.1, 0.15) is 52.9 Å². The zero-order valence-electron chi connectivity index (χ0n) is 10.1. The van der Waals surface area contributed by atoms with Crippen LogP contribution in [-0.2, 0) is 9.53 Å². The summed E-state index contributed by atoms with van der Waals surface area (Å²) in [5, 5.41) is 0. The molecule has 1 aliphatic heterocycles. The van der Waals surface area contributed by atoms with Crippen LogP contribution in [0.3, 0.4) is 0 Å². The van der Waals surface area contributed by atoms with Gasteiger partial charge in [-0.1, -0.05) is 20.8 Å². The first-order chi connectivity index (χ1) is 6.97. The Morgan fingerprint density at radius 2 is 1.93 bits per heavy atom. The Bertz CT molecular complexity index is 252. The van der Waals surface area contributed by atoms with Crippen LogP contribution < -0.4 is 0 Å². The van der Waals surface area contributed by atoms with Gasteiger partial charge in [0, 0.05) is 6.42 Å². The van der Waals surface area contributed by atoms with E-state index in [4.69, 9.17) is 4.74 Å². The van der Waals surface area contributed by atoms with Gasteiger partial charge in [-0.2, -0.15) is 0 Å². The highest BCUT2D eigenvalue weighted by Gasteiger charge is 2.39. The van der Waals surface area contributed by atoms with E-state index in [1.165, 1.54) is 12.8 Å². The van der Waals surface area contributed by atoms with Crippen molar-refractivity contribution in [2.24, 2.45) is 17.3 Å². The summed E-state index contributed by atoms with van der Waals surface area (Å²) in [6.07, 6.45) is 5.48. The largest absolute Gasteiger partial charge is 0.462 e. The first-order valence-corrected chi connectivity index (χ1v) is 6.16. The SMILES string of the molecule is CC(C)(C)C1CCC2OC(=O)CCC2C1. The Kier molecular flexibility index (Phi) is 2.78. The van der Waals surface area contributed by atoms with Crippen molar-refractivity contribution in [2.45, 2.75) is 59.0 Å². The third-order valence-electron chi connectivity index (χ3n) is 4.14. The van der Waals surface area contributed by atoms with Gasteiger partial charge >= 0.3 is 5.97 Å². The summed E-state index contributed by atoms with van der Waals surface area (Å²) in [7, 11) is 0. The average molecular weight is 210 g/mol. The second kappa shape index (κ2) is 3.80. The molecular formula is C13H22O2. The molecule has 3 unspecified atom stereocenters. The lowest BCUT2D eigenvalue weighted by Crippen LogP contribution is -2.40. The second-order valence-corrected chi connectivity index (χ2v) is 6.20. The second-order valence-electron chi connectivity index (χ2n) is 6.20. The smallest absolute Gasteiger partial charge is 0.306 e. The van der Waals surface area contributed by atoms with Gasteiger partial charge < -0.3 is 4.74 Å². The minimum atomic E-state index is 0.0189. The monoisotopic (exact) mass is 210 g/mol. The number of hydrogen-bond acceptors (Lipinski definition) is 2. The summed E-state index contributed by atoms with van der Waals surface area (Å²) < 4.78 is 5.41. The summed E-state index contributed by atoms with van der Waals surface area (Å²) >= 11 is 0. The van der Waals surface area contributed by atoms with Crippen molar-refractivity contribution in [1.29, 1.82) is 0 Å². The minimum absolute atomic E-state index is 0.0189. The highest BCUT2D eigenvalue weighted by atomic mass is 16.5. The number of carbonyl (C=O) groups is 1. The van der Waals surface area contributed by atoms with Gasteiger partial charge in [0.2, 0.25) is 0 Å². The van der Waals surface area contributed by atoms with E-state index in [0.717, 1.165) is 18.8 Å². The van der Waals surface area contributed by atoms with Crippen molar-refractivity contribution < 1.29 is 9.53 Å². The Hall–Kier alpha value is -0.530. The lowest BCUT2D eigenvalue weighted by molar-refractivity contribution is -0.162. The molecule has 1 saturated heterocycles. The van der Waals surface area contributed by atoms with Crippen LogP contribution in [0.15, 0.2) is 0 Å². The molecule has 0 aromatic carbocycles. The maximum Gasteiger partial charge on any atom is 0.306 e. The van der Waals surface area contributed by atoms with E-state index in [9.17, 15) is 4.79 Å². The van der Waals surface area contributed by atoms with E-state index in [1.54, 1.807) is 0 Å². The molecule has 86 valence electrons. The van der Waals surface area contributed by atoms with Gasteiger partial charge in [-0.25, -0.2) is 0 Å². The van der Waals surface area contributed by atoms with Gasteiger partial charge in [0.1, 0.15) is 6.10 Å². The molecule has 0 spiro atoms. The maximum atomic E-state index is 11.2. The van der Waals surface area contributed by atoms with E-state index in [1.807, 2.05) is 0 Å². The minimum Gasteiger partial charge on any atom is -0.462 e. The molecule has 1 heterocycles. The number of esters is 1. The lowest BCUT2D eigenvalue weighted by Gasteiger charge is -2.43. The van der Waals surface area contributed by atoms with Gasteiger partial charge in [-0.15, -0.1) is 0 Å². The van der Waals surface area contributed by atoms with Crippen LogP contribution in [0.25, 0.3) is 0 Å². The van der Waals surface area contributed by atoms with Crippen LogP contribution >= 0.6 is 0 Å². The van der Waals surface area contributed by atoms with Gasteiger partial charge in [0.25, 0.3) is 0 Å². The van der Waals surface area contributed by atoms with Crippen molar-refractivity contribution in [2.75, 3.05) is 0 Å². The summed E-state index contributed by atoms with van der Waals surface area (Å²) in [5.41, 5.74) is 0.409. The zero-order valence-corrected chi connectivity index (χ0v) is 10.1. The van der Waals surface area contributed by atoms with E-state index >= 15 is 0 Å². The van der Waals surface area contributed by atoms with Crippen molar-refractivity contribution in [3.8, 4) is 0 Å². The maximum absolute atomic E-state index is 11.2. The molecular weight excluding hydrogens is 188 g/mol. The van der Waals surface area contributed by atoms with Crippen LogP contribution in [0.2, 0.25) is 0 Å². The van der Waals surface area contributed by atoms with Crippen LogP contribution in [0, 0.1) is 17.3 Å². The molecule has 3 atom stereocenters. The number of hydrogen-bond donors (Lipinski definition) is 0. The van der Waals surface area contributed by atoms with E-state index < -0.39 is 0 Å². The summed E-state index contributed by atoms with van der Waals surface area (Å²) in [4.78, 5) is 11.2. The molecule has 0 aromatic rings. The van der Waals surface area contributed by atoms with Gasteiger partial charge in [0.15, 0.2) is 0 Å². The fourth-order valence-corrected chi connectivity index (χ4v) is 3.01. The Labute approximate surface area is 92.4 Å². The predicted octanol–water partition coefficient (Wildman–Crippen LogP) is 3.15. The highest BCUT2D eigenvalue weighted by Crippen LogP contribution is 2.44. The van der Waals surface area contributed by atoms with Crippen LogP contribution in [0.5, 0.6) is 0 Å². The van der Waals surface area contributed by atoms with Gasteiger partial charge in [0.05, 0.1) is 0 Å². The van der Waals surface area contributed by atoms with Crippen molar-refractivity contribution in [3.05, 3.63) is 0 Å². The fourth-order valence-electron chi connectivity index (χ4n) is 3.01. The molecule has 1 saturated carbocycles. The predicted molar refractivity (Wildman–Crippen MR) is 59.4 cm³/mol. The normalized spacial score (nSPS) is 37.0. The van der Waals surface area contributed by atoms with Crippen molar-refractivity contribution in [1.82, 2.24) is 0 Å². The highest BCUT2D eigenvalue weighted by molar-refractivity contribution is 5.70. The Balaban J connectivity index is 1.98. The first-order valence-electron chi connectivity index (χ1n) is 6.16. The zero-order chi connectivity index (χ0) is 11.1. The summed E-state index contributed by atoms with van der Waals surface area (Å²) in [6.45, 7) is 6.98. The molecule has 2 rings (SSSR count). The van der Waals surface area contributed by atoms with E-state index in [2.05, 4.69) is 20.8 Å². The molecule has 2 fully saturated rings. The number of fused-ring (bicyclic) bond motifs is 1. The Morgan fingerprint density at radius 3 is 2.60 bits per heavy atom. The number of ether oxygens (including phenoxy) is 1. The quantitative estimate of drug-likeness (QED) is 0.574. The molecule has 15 heavy (non-hydrogen) atoms. The van der Waals surface area contributed by atoms with Crippen LogP contribution in [-0.4, -0.2) is 12.1 Å². The third-order valence-corrected chi connectivity index (χ3v) is 4.14. The van der Waals surface area contributed by atoms with Gasteiger partial charge in [-0.05, 0) is 42.9 Å². The molecule has 1 aliphatic carbocycles.